The zero-order chi connectivity index (χ0) is 18.9. The molecule has 0 bridgehead atoms. The van der Waals surface area contributed by atoms with Gasteiger partial charge in [0.1, 0.15) is 5.69 Å². The topological polar surface area (TPSA) is 73.1 Å². The average molecular weight is 377 g/mol. The molecule has 1 saturated carbocycles. The highest BCUT2D eigenvalue weighted by atomic mass is 16.5. The van der Waals surface area contributed by atoms with Crippen LogP contribution in [0.1, 0.15) is 41.0 Å². The molecule has 1 aliphatic carbocycles. The summed E-state index contributed by atoms with van der Waals surface area (Å²) in [4.78, 5) is 19.5. The van der Waals surface area contributed by atoms with Crippen molar-refractivity contribution in [1.82, 2.24) is 24.9 Å². The van der Waals surface area contributed by atoms with Crippen molar-refractivity contribution in [2.45, 2.75) is 39.0 Å². The summed E-state index contributed by atoms with van der Waals surface area (Å²) < 4.78 is 7.73. The van der Waals surface area contributed by atoms with Gasteiger partial charge in [-0.25, -0.2) is 4.68 Å². The maximum absolute atomic E-state index is 13.2. The molecule has 2 aromatic heterocycles. The Kier molecular flexibility index (Phi) is 4.52. The summed E-state index contributed by atoms with van der Waals surface area (Å²) in [6, 6.07) is 9.77. The molecule has 1 aromatic carbocycles. The predicted molar refractivity (Wildman–Crippen MR) is 104 cm³/mol. The average Bonchev–Trinajstić information content (AvgIpc) is 3.51. The SMILES string of the molecule is O=C(c1cnc2ccccc2c1)N1CCCn2nnc(COCC3CC3)c2C1. The van der Waals surface area contributed by atoms with Crippen LogP contribution in [0.4, 0.5) is 0 Å². The number of benzene rings is 1. The van der Waals surface area contributed by atoms with Crippen molar-refractivity contribution in [2.24, 2.45) is 5.92 Å². The number of pyridine rings is 1. The van der Waals surface area contributed by atoms with Crippen molar-refractivity contribution in [3.05, 3.63) is 53.5 Å². The smallest absolute Gasteiger partial charge is 0.255 e. The number of aryl methyl sites for hydroxylation is 1. The second-order valence-corrected chi connectivity index (χ2v) is 7.66. The molecule has 28 heavy (non-hydrogen) atoms. The van der Waals surface area contributed by atoms with Crippen LogP contribution in [0, 0.1) is 5.92 Å². The number of fused-ring (bicyclic) bond motifs is 2. The Morgan fingerprint density at radius 2 is 2.11 bits per heavy atom. The van der Waals surface area contributed by atoms with Gasteiger partial charge in [0.2, 0.25) is 0 Å². The minimum atomic E-state index is -0.00208. The summed E-state index contributed by atoms with van der Waals surface area (Å²) >= 11 is 0. The van der Waals surface area contributed by atoms with Crippen LogP contribution >= 0.6 is 0 Å². The van der Waals surface area contributed by atoms with Crippen molar-refractivity contribution >= 4 is 16.8 Å². The largest absolute Gasteiger partial charge is 0.375 e. The second-order valence-electron chi connectivity index (χ2n) is 7.66. The zero-order valence-corrected chi connectivity index (χ0v) is 15.8. The first-order chi connectivity index (χ1) is 13.8. The normalized spacial score (nSPS) is 16.8. The van der Waals surface area contributed by atoms with Crippen molar-refractivity contribution in [3.63, 3.8) is 0 Å². The molecular weight excluding hydrogens is 354 g/mol. The minimum Gasteiger partial charge on any atom is -0.375 e. The van der Waals surface area contributed by atoms with E-state index in [1.165, 1.54) is 12.8 Å². The Bertz CT molecular complexity index is 1010. The van der Waals surface area contributed by atoms with E-state index >= 15 is 0 Å². The molecule has 1 aliphatic heterocycles. The molecule has 0 atom stereocenters. The fourth-order valence-corrected chi connectivity index (χ4v) is 3.66. The van der Waals surface area contributed by atoms with Crippen LogP contribution in [0.15, 0.2) is 36.5 Å². The molecule has 0 N–H and O–H groups in total. The van der Waals surface area contributed by atoms with Crippen LogP contribution in [0.2, 0.25) is 0 Å². The number of para-hydroxylation sites is 1. The summed E-state index contributed by atoms with van der Waals surface area (Å²) in [7, 11) is 0. The molecule has 0 radical (unpaired) electrons. The van der Waals surface area contributed by atoms with Gasteiger partial charge >= 0.3 is 0 Å². The quantitative estimate of drug-likeness (QED) is 0.684. The van der Waals surface area contributed by atoms with Gasteiger partial charge in [-0.3, -0.25) is 9.78 Å². The number of aromatic nitrogens is 4. The number of ether oxygens (including phenoxy) is 1. The molecule has 0 unspecified atom stereocenters. The molecule has 1 amide bonds. The molecule has 5 rings (SSSR count). The van der Waals surface area contributed by atoms with Gasteiger partial charge < -0.3 is 9.64 Å². The predicted octanol–water partition coefficient (Wildman–Crippen LogP) is 2.80. The van der Waals surface area contributed by atoms with E-state index in [1.54, 1.807) is 6.20 Å². The highest BCUT2D eigenvalue weighted by Crippen LogP contribution is 2.29. The second kappa shape index (κ2) is 7.31. The molecular formula is C21H23N5O2. The van der Waals surface area contributed by atoms with Crippen molar-refractivity contribution in [1.29, 1.82) is 0 Å². The summed E-state index contributed by atoms with van der Waals surface area (Å²) in [6.07, 6.45) is 5.06. The van der Waals surface area contributed by atoms with Crippen LogP contribution in [-0.4, -0.2) is 43.9 Å². The summed E-state index contributed by atoms with van der Waals surface area (Å²) in [5.41, 5.74) is 3.34. The van der Waals surface area contributed by atoms with Gasteiger partial charge in [-0.2, -0.15) is 0 Å². The van der Waals surface area contributed by atoms with E-state index < -0.39 is 0 Å². The molecule has 0 spiro atoms. The summed E-state index contributed by atoms with van der Waals surface area (Å²) in [6.45, 7) is 3.21. The highest BCUT2D eigenvalue weighted by molar-refractivity contribution is 5.97. The molecule has 1 fully saturated rings. The molecule has 3 aromatic rings. The Hall–Kier alpha value is -2.80. The Balaban J connectivity index is 1.35. The van der Waals surface area contributed by atoms with Gasteiger partial charge in [-0.1, -0.05) is 23.4 Å². The van der Waals surface area contributed by atoms with Gasteiger partial charge in [0.05, 0.1) is 29.9 Å². The van der Waals surface area contributed by atoms with Crippen LogP contribution in [-0.2, 0) is 24.4 Å². The third-order valence-electron chi connectivity index (χ3n) is 5.47. The minimum absolute atomic E-state index is 0.00208. The number of hydrogen-bond donors (Lipinski definition) is 0. The number of hydrogen-bond acceptors (Lipinski definition) is 5. The van der Waals surface area contributed by atoms with E-state index in [9.17, 15) is 4.79 Å². The van der Waals surface area contributed by atoms with Crippen LogP contribution < -0.4 is 0 Å². The van der Waals surface area contributed by atoms with E-state index in [1.807, 2.05) is 39.9 Å². The first kappa shape index (κ1) is 17.3. The van der Waals surface area contributed by atoms with Gasteiger partial charge in [0.15, 0.2) is 0 Å². The standard InChI is InChI=1S/C21H23N5O2/c27-21(17-10-16-4-1-2-5-18(16)22-11-17)25-8-3-9-26-20(12-25)19(23-24-26)14-28-13-15-6-7-15/h1-2,4-5,10-11,15H,3,6-9,12-14H2. The molecule has 2 aliphatic rings. The third kappa shape index (κ3) is 3.49. The van der Waals surface area contributed by atoms with Crippen LogP contribution in [0.3, 0.4) is 0 Å². The molecule has 3 heterocycles. The lowest BCUT2D eigenvalue weighted by atomic mass is 10.1. The van der Waals surface area contributed by atoms with Crippen molar-refractivity contribution in [2.75, 3.05) is 13.2 Å². The molecule has 0 saturated heterocycles. The van der Waals surface area contributed by atoms with Gasteiger partial charge in [0.25, 0.3) is 5.91 Å². The fourth-order valence-electron chi connectivity index (χ4n) is 3.66. The van der Waals surface area contributed by atoms with Gasteiger partial charge in [-0.05, 0) is 37.3 Å². The summed E-state index contributed by atoms with van der Waals surface area (Å²) in [5, 5.41) is 9.55. The first-order valence-electron chi connectivity index (χ1n) is 9.91. The van der Waals surface area contributed by atoms with Crippen LogP contribution in [0.5, 0.6) is 0 Å². The van der Waals surface area contributed by atoms with E-state index in [0.29, 0.717) is 31.2 Å². The fraction of sp³-hybridized carbons (Fsp3) is 0.429. The van der Waals surface area contributed by atoms with Gasteiger partial charge in [0, 0.05) is 31.3 Å². The van der Waals surface area contributed by atoms with Crippen LogP contribution in [0.25, 0.3) is 10.9 Å². The van der Waals surface area contributed by atoms with Crippen molar-refractivity contribution < 1.29 is 9.53 Å². The van der Waals surface area contributed by atoms with E-state index in [0.717, 1.165) is 41.9 Å². The lowest BCUT2D eigenvalue weighted by Gasteiger charge is -2.20. The Morgan fingerprint density at radius 3 is 3.00 bits per heavy atom. The third-order valence-corrected chi connectivity index (χ3v) is 5.47. The zero-order valence-electron chi connectivity index (χ0n) is 15.8. The monoisotopic (exact) mass is 377 g/mol. The maximum atomic E-state index is 13.2. The number of carbonyl (C=O) groups excluding carboxylic acids is 1. The maximum Gasteiger partial charge on any atom is 0.255 e. The number of amides is 1. The molecule has 144 valence electrons. The van der Waals surface area contributed by atoms with Crippen molar-refractivity contribution in [3.8, 4) is 0 Å². The Morgan fingerprint density at radius 1 is 1.21 bits per heavy atom. The lowest BCUT2D eigenvalue weighted by molar-refractivity contribution is 0.0741. The van der Waals surface area contributed by atoms with E-state index in [2.05, 4.69) is 15.3 Å². The lowest BCUT2D eigenvalue weighted by Crippen LogP contribution is -2.31. The summed E-state index contributed by atoms with van der Waals surface area (Å²) in [5.74, 6) is 0.713. The number of carbonyl (C=O) groups is 1. The Labute approximate surface area is 163 Å². The van der Waals surface area contributed by atoms with Gasteiger partial charge in [-0.15, -0.1) is 5.10 Å². The molecule has 7 heteroatoms. The van der Waals surface area contributed by atoms with E-state index in [4.69, 9.17) is 4.74 Å². The van der Waals surface area contributed by atoms with E-state index in [-0.39, 0.29) is 5.91 Å². The highest BCUT2D eigenvalue weighted by Gasteiger charge is 2.25. The molecule has 7 nitrogen and oxygen atoms in total. The first-order valence-corrected chi connectivity index (χ1v) is 9.91. The number of rotatable bonds is 5. The number of nitrogens with zero attached hydrogens (tertiary/aromatic N) is 5.